The number of hydrogen-bond acceptors (Lipinski definition) is 2. The van der Waals surface area contributed by atoms with Crippen molar-refractivity contribution in [3.8, 4) is 0 Å². The van der Waals surface area contributed by atoms with Crippen molar-refractivity contribution >= 4 is 50.3 Å². The van der Waals surface area contributed by atoms with Gasteiger partial charge in [0.05, 0.1) is 16.9 Å². The highest BCUT2D eigenvalue weighted by Crippen LogP contribution is 2.32. The summed E-state index contributed by atoms with van der Waals surface area (Å²) in [4.78, 5) is 0. The lowest BCUT2D eigenvalue weighted by Crippen LogP contribution is -2.20. The summed E-state index contributed by atoms with van der Waals surface area (Å²) in [7, 11) is 0. The van der Waals surface area contributed by atoms with Gasteiger partial charge in [-0.3, -0.25) is 0 Å². The largest absolute Gasteiger partial charge is 0.416 e. The van der Waals surface area contributed by atoms with Gasteiger partial charge < -0.3 is 16.4 Å². The molecule has 2 aromatic carbocycles. The summed E-state index contributed by atoms with van der Waals surface area (Å²) in [6, 6.07) is 8.65. The zero-order chi connectivity index (χ0) is 17.2. The molecule has 0 spiro atoms. The number of nitrogens with one attached hydrogen (secondary N) is 2. The predicted octanol–water partition coefficient (Wildman–Crippen LogP) is 5.17. The molecule has 4 N–H and O–H groups in total. The maximum atomic E-state index is 12.6. The summed E-state index contributed by atoms with van der Waals surface area (Å²) in [5.41, 5.74) is 6.93. The van der Waals surface area contributed by atoms with E-state index < -0.39 is 11.7 Å². The molecule has 0 aliphatic carbocycles. The van der Waals surface area contributed by atoms with E-state index in [4.69, 9.17) is 18.0 Å². The van der Waals surface area contributed by atoms with E-state index in [0.29, 0.717) is 5.69 Å². The number of hydrogen-bond donors (Lipinski definition) is 3. The molecular weight excluding hydrogens is 391 g/mol. The number of anilines is 3. The minimum absolute atomic E-state index is 0.0333. The van der Waals surface area contributed by atoms with Crippen LogP contribution >= 0.6 is 28.1 Å². The van der Waals surface area contributed by atoms with Gasteiger partial charge in [-0.15, -0.1) is 0 Å². The number of alkyl halides is 3. The van der Waals surface area contributed by atoms with E-state index in [2.05, 4.69) is 26.6 Å². The van der Waals surface area contributed by atoms with Crippen molar-refractivity contribution in [2.45, 2.75) is 13.1 Å². The van der Waals surface area contributed by atoms with Crippen molar-refractivity contribution < 1.29 is 13.2 Å². The molecule has 0 aromatic heterocycles. The van der Waals surface area contributed by atoms with Crippen LogP contribution in [-0.2, 0) is 6.18 Å². The molecule has 0 aliphatic rings. The molecule has 0 fully saturated rings. The van der Waals surface area contributed by atoms with Gasteiger partial charge in [0.15, 0.2) is 5.11 Å². The maximum absolute atomic E-state index is 12.6. The van der Waals surface area contributed by atoms with Crippen LogP contribution in [0.4, 0.5) is 30.2 Å². The number of benzene rings is 2. The van der Waals surface area contributed by atoms with Crippen molar-refractivity contribution in [1.82, 2.24) is 0 Å². The number of thiocarbonyl (C=S) groups is 1. The lowest BCUT2D eigenvalue weighted by atomic mass is 10.1. The number of halogens is 4. The zero-order valence-corrected chi connectivity index (χ0v) is 14.4. The summed E-state index contributed by atoms with van der Waals surface area (Å²) in [5, 5.41) is 5.96. The summed E-state index contributed by atoms with van der Waals surface area (Å²) < 4.78 is 38.7. The monoisotopic (exact) mass is 403 g/mol. The third-order valence-electron chi connectivity index (χ3n) is 3.06. The van der Waals surface area contributed by atoms with Gasteiger partial charge in [-0.1, -0.05) is 22.0 Å². The quantitative estimate of drug-likeness (QED) is 0.478. The SMILES string of the molecule is Cc1ccc(NC(=S)Nc2ccc(C(F)(F)F)cc2N)cc1Br. The molecule has 8 heteroatoms. The Kier molecular flexibility index (Phi) is 5.16. The molecule has 2 rings (SSSR count). The standard InChI is InChI=1S/C15H13BrF3N3S/c1-8-2-4-10(7-11(8)16)21-14(23)22-13-5-3-9(6-12(13)20)15(17,18)19/h2-7H,20H2,1H3,(H2,21,22,23). The smallest absolute Gasteiger partial charge is 0.397 e. The van der Waals surface area contributed by atoms with Crippen LogP contribution in [0.1, 0.15) is 11.1 Å². The van der Waals surface area contributed by atoms with Crippen LogP contribution in [0.25, 0.3) is 0 Å². The molecule has 0 saturated carbocycles. The number of nitrogens with two attached hydrogens (primary N) is 1. The van der Waals surface area contributed by atoms with Gasteiger partial charge in [-0.2, -0.15) is 13.2 Å². The minimum Gasteiger partial charge on any atom is -0.397 e. The van der Waals surface area contributed by atoms with E-state index in [1.54, 1.807) is 0 Å². The van der Waals surface area contributed by atoms with Crippen LogP contribution in [-0.4, -0.2) is 5.11 Å². The van der Waals surface area contributed by atoms with Gasteiger partial charge in [-0.05, 0) is 55.0 Å². The van der Waals surface area contributed by atoms with Crippen LogP contribution in [0, 0.1) is 6.92 Å². The second-order valence-electron chi connectivity index (χ2n) is 4.84. The van der Waals surface area contributed by atoms with Crippen molar-refractivity contribution in [3.63, 3.8) is 0 Å². The molecule has 3 nitrogen and oxygen atoms in total. The van der Waals surface area contributed by atoms with Gasteiger partial charge in [0.2, 0.25) is 0 Å². The third kappa shape index (κ3) is 4.59. The minimum atomic E-state index is -4.43. The van der Waals surface area contributed by atoms with Gasteiger partial charge in [-0.25, -0.2) is 0 Å². The van der Waals surface area contributed by atoms with E-state index in [1.807, 2.05) is 25.1 Å². The molecule has 0 amide bonds. The average Bonchev–Trinajstić information content (AvgIpc) is 2.44. The molecule has 0 saturated heterocycles. The molecule has 0 unspecified atom stereocenters. The Bertz CT molecular complexity index is 747. The van der Waals surface area contributed by atoms with Crippen molar-refractivity contribution in [3.05, 3.63) is 52.0 Å². The summed E-state index contributed by atoms with van der Waals surface area (Å²) in [6.07, 6.45) is -4.43. The van der Waals surface area contributed by atoms with Crippen LogP contribution in [0.15, 0.2) is 40.9 Å². The number of rotatable bonds is 2. The number of aryl methyl sites for hydroxylation is 1. The number of nitrogen functional groups attached to an aromatic ring is 1. The maximum Gasteiger partial charge on any atom is 0.416 e. The lowest BCUT2D eigenvalue weighted by Gasteiger charge is -2.14. The molecule has 23 heavy (non-hydrogen) atoms. The van der Waals surface area contributed by atoms with Crippen LogP contribution in [0.5, 0.6) is 0 Å². The van der Waals surface area contributed by atoms with Gasteiger partial charge in [0.1, 0.15) is 0 Å². The molecule has 0 atom stereocenters. The summed E-state index contributed by atoms with van der Waals surface area (Å²) >= 11 is 8.56. The molecular formula is C15H13BrF3N3S. The van der Waals surface area contributed by atoms with E-state index in [-0.39, 0.29) is 10.8 Å². The summed E-state index contributed by atoms with van der Waals surface area (Å²) in [6.45, 7) is 1.95. The second kappa shape index (κ2) is 6.76. The van der Waals surface area contributed by atoms with Crippen molar-refractivity contribution in [2.24, 2.45) is 0 Å². The first-order valence-corrected chi connectivity index (χ1v) is 7.68. The van der Waals surface area contributed by atoms with E-state index in [9.17, 15) is 13.2 Å². The molecule has 0 radical (unpaired) electrons. The normalized spacial score (nSPS) is 11.2. The fraction of sp³-hybridized carbons (Fsp3) is 0.133. The van der Waals surface area contributed by atoms with Crippen molar-refractivity contribution in [1.29, 1.82) is 0 Å². The Hall–Kier alpha value is -1.80. The highest BCUT2D eigenvalue weighted by atomic mass is 79.9. The third-order valence-corrected chi connectivity index (χ3v) is 4.12. The Morgan fingerprint density at radius 1 is 1.13 bits per heavy atom. The molecule has 2 aromatic rings. The van der Waals surface area contributed by atoms with Gasteiger partial charge in [0.25, 0.3) is 0 Å². The molecule has 0 aliphatic heterocycles. The Balaban J connectivity index is 2.09. The van der Waals surface area contributed by atoms with Crippen LogP contribution in [0.3, 0.4) is 0 Å². The van der Waals surface area contributed by atoms with Crippen molar-refractivity contribution in [2.75, 3.05) is 16.4 Å². The first-order valence-electron chi connectivity index (χ1n) is 6.47. The predicted molar refractivity (Wildman–Crippen MR) is 94.6 cm³/mol. The molecule has 0 bridgehead atoms. The highest BCUT2D eigenvalue weighted by molar-refractivity contribution is 9.10. The topological polar surface area (TPSA) is 50.1 Å². The Morgan fingerprint density at radius 2 is 1.83 bits per heavy atom. The van der Waals surface area contributed by atoms with E-state index in [0.717, 1.165) is 27.9 Å². The Labute approximate surface area is 145 Å². The fourth-order valence-corrected chi connectivity index (χ4v) is 2.41. The van der Waals surface area contributed by atoms with Gasteiger partial charge >= 0.3 is 6.18 Å². The van der Waals surface area contributed by atoms with E-state index >= 15 is 0 Å². The lowest BCUT2D eigenvalue weighted by molar-refractivity contribution is -0.137. The van der Waals surface area contributed by atoms with Crippen LogP contribution in [0.2, 0.25) is 0 Å². The zero-order valence-electron chi connectivity index (χ0n) is 12.0. The van der Waals surface area contributed by atoms with E-state index in [1.165, 1.54) is 6.07 Å². The molecule has 0 heterocycles. The second-order valence-corrected chi connectivity index (χ2v) is 6.11. The van der Waals surface area contributed by atoms with Gasteiger partial charge in [0, 0.05) is 10.2 Å². The Morgan fingerprint density at radius 3 is 2.39 bits per heavy atom. The average molecular weight is 404 g/mol. The first kappa shape index (κ1) is 17.6. The fourth-order valence-electron chi connectivity index (χ4n) is 1.81. The highest BCUT2D eigenvalue weighted by Gasteiger charge is 2.30. The summed E-state index contributed by atoms with van der Waals surface area (Å²) in [5.74, 6) is 0. The van der Waals surface area contributed by atoms with Crippen LogP contribution < -0.4 is 16.4 Å². The molecule has 122 valence electrons. The first-order chi connectivity index (χ1) is 10.7.